The molecule has 0 aromatic carbocycles. The van der Waals surface area contributed by atoms with Crippen molar-refractivity contribution < 1.29 is 26.4 Å². The predicted octanol–water partition coefficient (Wildman–Crippen LogP) is 2.78. The van der Waals surface area contributed by atoms with Gasteiger partial charge in [-0.25, -0.2) is 13.4 Å². The van der Waals surface area contributed by atoms with E-state index in [9.17, 15) is 21.6 Å². The van der Waals surface area contributed by atoms with E-state index in [1.807, 2.05) is 0 Å². The van der Waals surface area contributed by atoms with Crippen LogP contribution in [0.2, 0.25) is 0 Å². The number of sulfone groups is 1. The Kier molecular flexibility index (Phi) is 6.67. The van der Waals surface area contributed by atoms with Crippen LogP contribution in [0.1, 0.15) is 12.5 Å². The number of rotatable bonds is 7. The van der Waals surface area contributed by atoms with Crippen molar-refractivity contribution in [3.05, 3.63) is 36.2 Å². The number of anilines is 1. The van der Waals surface area contributed by atoms with E-state index in [0.29, 0.717) is 5.69 Å². The lowest BCUT2D eigenvalue weighted by Gasteiger charge is -2.15. The van der Waals surface area contributed by atoms with Crippen molar-refractivity contribution in [2.75, 3.05) is 24.8 Å². The summed E-state index contributed by atoms with van der Waals surface area (Å²) in [5, 5.41) is 11.6. The molecule has 0 saturated heterocycles. The number of oxime groups is 1. The van der Waals surface area contributed by atoms with Gasteiger partial charge in [-0.05, 0) is 18.2 Å². The summed E-state index contributed by atoms with van der Waals surface area (Å²) in [6.07, 6.45) is -0.803. The molecule has 0 unspecified atom stereocenters. The Hall–Kier alpha value is -3.55. The van der Waals surface area contributed by atoms with Gasteiger partial charge in [0, 0.05) is 20.3 Å². The van der Waals surface area contributed by atoms with E-state index in [4.69, 9.17) is 0 Å². The number of aromatic nitrogens is 5. The van der Waals surface area contributed by atoms with Gasteiger partial charge in [0.2, 0.25) is 0 Å². The molecule has 10 nitrogen and oxygen atoms in total. The van der Waals surface area contributed by atoms with Crippen LogP contribution in [0.5, 0.6) is 0 Å². The van der Waals surface area contributed by atoms with Crippen molar-refractivity contribution >= 4 is 21.9 Å². The number of halogens is 3. The minimum Gasteiger partial charge on any atom is -0.398 e. The van der Waals surface area contributed by atoms with Gasteiger partial charge in [-0.1, -0.05) is 12.1 Å². The fourth-order valence-corrected chi connectivity index (χ4v) is 3.91. The van der Waals surface area contributed by atoms with E-state index < -0.39 is 21.6 Å². The van der Waals surface area contributed by atoms with E-state index in [2.05, 4.69) is 30.2 Å². The van der Waals surface area contributed by atoms with Gasteiger partial charge < -0.3 is 14.3 Å². The highest BCUT2D eigenvalue weighted by Gasteiger charge is 2.31. The van der Waals surface area contributed by atoms with Gasteiger partial charge in [0.25, 0.3) is 0 Å². The maximum atomic E-state index is 13.1. The molecule has 3 rings (SSSR count). The molecule has 3 aromatic heterocycles. The largest absolute Gasteiger partial charge is 0.416 e. The molecule has 33 heavy (non-hydrogen) atoms. The second-order valence-corrected chi connectivity index (χ2v) is 9.04. The molecule has 3 heterocycles. The summed E-state index contributed by atoms with van der Waals surface area (Å²) in [7, 11) is 0.717. The highest BCUT2D eigenvalue weighted by Crippen LogP contribution is 2.33. The Morgan fingerprint density at radius 3 is 2.55 bits per heavy atom. The van der Waals surface area contributed by atoms with Gasteiger partial charge in [-0.3, -0.25) is 4.98 Å². The summed E-state index contributed by atoms with van der Waals surface area (Å²) >= 11 is 0. The SMILES string of the molecule is CCS(=O)(=O)c1cc(N(C)C=NOC)cnc1-c1nnc(-c2cc(C(F)(F)F)ccn2)n1C. The summed E-state index contributed by atoms with van der Waals surface area (Å²) in [6.45, 7) is 1.48. The van der Waals surface area contributed by atoms with Crippen LogP contribution in [-0.4, -0.2) is 59.4 Å². The summed E-state index contributed by atoms with van der Waals surface area (Å²) in [4.78, 5) is 14.2. The van der Waals surface area contributed by atoms with E-state index in [0.717, 1.165) is 18.3 Å². The maximum Gasteiger partial charge on any atom is 0.416 e. The summed E-state index contributed by atoms with van der Waals surface area (Å²) in [6, 6.07) is 3.09. The van der Waals surface area contributed by atoms with Crippen LogP contribution in [0.3, 0.4) is 0 Å². The number of nitrogens with zero attached hydrogens (tertiary/aromatic N) is 7. The fourth-order valence-electron chi connectivity index (χ4n) is 2.86. The van der Waals surface area contributed by atoms with Gasteiger partial charge in [0.15, 0.2) is 21.5 Å². The third kappa shape index (κ3) is 4.94. The Balaban J connectivity index is 2.14. The molecule has 0 amide bonds. The first-order valence-electron chi connectivity index (χ1n) is 9.45. The highest BCUT2D eigenvalue weighted by molar-refractivity contribution is 7.91. The summed E-state index contributed by atoms with van der Waals surface area (Å²) in [5.74, 6) is -0.136. The molecule has 0 spiro atoms. The Morgan fingerprint density at radius 2 is 1.91 bits per heavy atom. The summed E-state index contributed by atoms with van der Waals surface area (Å²) < 4.78 is 66.2. The van der Waals surface area contributed by atoms with Crippen LogP contribution in [0, 0.1) is 0 Å². The first-order valence-corrected chi connectivity index (χ1v) is 11.1. The molecule has 0 aliphatic carbocycles. The first kappa shape index (κ1) is 24.1. The molecule has 0 bridgehead atoms. The molecule has 0 aliphatic heterocycles. The molecular formula is C19H20F3N7O3S. The number of pyridine rings is 2. The average Bonchev–Trinajstić information content (AvgIpc) is 3.17. The molecule has 0 atom stereocenters. The molecule has 0 fully saturated rings. The van der Waals surface area contributed by atoms with Crippen molar-refractivity contribution in [3.63, 3.8) is 0 Å². The molecule has 14 heteroatoms. The van der Waals surface area contributed by atoms with Crippen LogP contribution < -0.4 is 4.90 Å². The van der Waals surface area contributed by atoms with Crippen molar-refractivity contribution in [2.24, 2.45) is 12.2 Å². The van der Waals surface area contributed by atoms with Crippen LogP contribution in [0.25, 0.3) is 23.0 Å². The van der Waals surface area contributed by atoms with E-state index in [1.165, 1.54) is 49.1 Å². The third-order valence-corrected chi connectivity index (χ3v) is 6.43. The molecule has 0 N–H and O–H groups in total. The lowest BCUT2D eigenvalue weighted by atomic mass is 10.2. The second-order valence-electron chi connectivity index (χ2n) is 6.79. The van der Waals surface area contributed by atoms with Gasteiger partial charge >= 0.3 is 6.18 Å². The zero-order chi connectivity index (χ0) is 24.4. The van der Waals surface area contributed by atoms with E-state index in [1.54, 1.807) is 7.05 Å². The molecule has 0 radical (unpaired) electrons. The molecule has 0 aliphatic rings. The van der Waals surface area contributed by atoms with Crippen molar-refractivity contribution in [1.29, 1.82) is 0 Å². The van der Waals surface area contributed by atoms with Crippen LogP contribution in [0.4, 0.5) is 18.9 Å². The average molecular weight is 483 g/mol. The standard InChI is InChI=1S/C19H20F3N7O3S/c1-5-33(30,31)15-9-13(28(2)11-25-32-4)10-24-16(15)18-27-26-17(29(18)3)14-8-12(6-7-23-14)19(20,21)22/h6-11H,5H2,1-4H3. The molecule has 176 valence electrons. The van der Waals surface area contributed by atoms with Gasteiger partial charge in [-0.2, -0.15) is 13.2 Å². The normalized spacial score (nSPS) is 12.3. The minimum absolute atomic E-state index is 0.00547. The second kappa shape index (κ2) is 9.13. The number of alkyl halides is 3. The maximum absolute atomic E-state index is 13.1. The molecule has 0 saturated carbocycles. The Labute approximate surface area is 187 Å². The number of hydrogen-bond donors (Lipinski definition) is 0. The van der Waals surface area contributed by atoms with Crippen molar-refractivity contribution in [2.45, 2.75) is 18.0 Å². The van der Waals surface area contributed by atoms with Crippen molar-refractivity contribution in [1.82, 2.24) is 24.7 Å². The topological polar surface area (TPSA) is 115 Å². The van der Waals surface area contributed by atoms with Gasteiger partial charge in [0.05, 0.1) is 28.1 Å². The smallest absolute Gasteiger partial charge is 0.398 e. The molecule has 3 aromatic rings. The summed E-state index contributed by atoms with van der Waals surface area (Å²) in [5.41, 5.74) is -0.549. The lowest BCUT2D eigenvalue weighted by molar-refractivity contribution is -0.137. The molecular weight excluding hydrogens is 463 g/mol. The van der Waals surface area contributed by atoms with Crippen molar-refractivity contribution in [3.8, 4) is 23.0 Å². The zero-order valence-corrected chi connectivity index (χ0v) is 18.9. The Bertz CT molecular complexity index is 1290. The predicted molar refractivity (Wildman–Crippen MR) is 114 cm³/mol. The number of hydrogen-bond acceptors (Lipinski definition) is 8. The highest BCUT2D eigenvalue weighted by atomic mass is 32.2. The Morgan fingerprint density at radius 1 is 1.21 bits per heavy atom. The van der Waals surface area contributed by atoms with Gasteiger partial charge in [0.1, 0.15) is 24.8 Å². The third-order valence-electron chi connectivity index (χ3n) is 4.69. The lowest BCUT2D eigenvalue weighted by Crippen LogP contribution is -2.17. The zero-order valence-electron chi connectivity index (χ0n) is 18.1. The minimum atomic E-state index is -4.56. The monoisotopic (exact) mass is 483 g/mol. The van der Waals surface area contributed by atoms with Crippen LogP contribution in [0.15, 0.2) is 40.6 Å². The van der Waals surface area contributed by atoms with E-state index >= 15 is 0 Å². The van der Waals surface area contributed by atoms with Gasteiger partial charge in [-0.15, -0.1) is 10.2 Å². The van der Waals surface area contributed by atoms with Crippen LogP contribution >= 0.6 is 0 Å². The quantitative estimate of drug-likeness (QED) is 0.286. The fraction of sp³-hybridized carbons (Fsp3) is 0.316. The van der Waals surface area contributed by atoms with E-state index in [-0.39, 0.29) is 33.7 Å². The first-order chi connectivity index (χ1) is 15.5. The van der Waals surface area contributed by atoms with Crippen LogP contribution in [-0.2, 0) is 27.9 Å².